The highest BCUT2D eigenvalue weighted by molar-refractivity contribution is 5.94. The molecule has 0 radical (unpaired) electrons. The molecule has 0 atom stereocenters. The van der Waals surface area contributed by atoms with Crippen LogP contribution in [0.25, 0.3) is 0 Å². The molecule has 1 N–H and O–H groups in total. The minimum absolute atomic E-state index is 0.134. The van der Waals surface area contributed by atoms with E-state index in [0.717, 1.165) is 6.07 Å². The Bertz CT molecular complexity index is 770. The first-order chi connectivity index (χ1) is 12.0. The predicted molar refractivity (Wildman–Crippen MR) is 89.0 cm³/mol. The molecule has 1 amide bonds. The van der Waals surface area contributed by atoms with Crippen LogP contribution in [0.15, 0.2) is 54.6 Å². The molecule has 1 heterocycles. The Morgan fingerprint density at radius 2 is 1.72 bits per heavy atom. The monoisotopic (exact) mass is 343 g/mol. The van der Waals surface area contributed by atoms with Crippen molar-refractivity contribution < 1.29 is 23.8 Å². The van der Waals surface area contributed by atoms with Crippen LogP contribution in [0.1, 0.15) is 23.2 Å². The second-order valence-electron chi connectivity index (χ2n) is 6.02. The molecule has 0 saturated carbocycles. The Labute approximate surface area is 144 Å². The zero-order valence-corrected chi connectivity index (χ0v) is 13.5. The van der Waals surface area contributed by atoms with Crippen molar-refractivity contribution in [2.75, 3.05) is 13.1 Å². The number of benzene rings is 2. The molecule has 0 spiro atoms. The third kappa shape index (κ3) is 3.63. The number of rotatable bonds is 4. The SMILES string of the molecule is O=C(c1ccccc1)N1CCC(Oc2cccc(F)c2)(C(=O)O)CC1. The molecule has 3 rings (SSSR count). The van der Waals surface area contributed by atoms with Crippen LogP contribution in [-0.2, 0) is 4.79 Å². The predicted octanol–water partition coefficient (Wildman–Crippen LogP) is 2.96. The Morgan fingerprint density at radius 3 is 2.32 bits per heavy atom. The first-order valence-corrected chi connectivity index (χ1v) is 8.02. The van der Waals surface area contributed by atoms with E-state index in [1.165, 1.54) is 18.2 Å². The molecular formula is C19H18FNO4. The van der Waals surface area contributed by atoms with Gasteiger partial charge in [0.05, 0.1) is 0 Å². The normalized spacial score (nSPS) is 16.3. The summed E-state index contributed by atoms with van der Waals surface area (Å²) in [6.07, 6.45) is 0.273. The number of likely N-dealkylation sites (tertiary alicyclic amines) is 1. The standard InChI is InChI=1S/C19H18FNO4/c20-15-7-4-8-16(13-15)25-19(18(23)24)9-11-21(12-10-19)17(22)14-5-2-1-3-6-14/h1-8,13H,9-12H2,(H,23,24). The molecule has 6 heteroatoms. The van der Waals surface area contributed by atoms with E-state index in [1.54, 1.807) is 29.2 Å². The minimum atomic E-state index is -1.46. The molecule has 1 saturated heterocycles. The molecule has 130 valence electrons. The Morgan fingerprint density at radius 1 is 1.04 bits per heavy atom. The van der Waals surface area contributed by atoms with E-state index >= 15 is 0 Å². The summed E-state index contributed by atoms with van der Waals surface area (Å²) in [6, 6.07) is 14.3. The van der Waals surface area contributed by atoms with Crippen LogP contribution >= 0.6 is 0 Å². The quantitative estimate of drug-likeness (QED) is 0.927. The number of halogens is 1. The van der Waals surface area contributed by atoms with Gasteiger partial charge in [-0.25, -0.2) is 9.18 Å². The highest BCUT2D eigenvalue weighted by Crippen LogP contribution is 2.30. The fourth-order valence-electron chi connectivity index (χ4n) is 2.95. The molecule has 2 aromatic rings. The van der Waals surface area contributed by atoms with Crippen molar-refractivity contribution in [3.8, 4) is 5.75 Å². The van der Waals surface area contributed by atoms with E-state index in [4.69, 9.17) is 4.74 Å². The molecule has 0 aromatic heterocycles. The summed E-state index contributed by atoms with van der Waals surface area (Å²) in [5, 5.41) is 9.64. The van der Waals surface area contributed by atoms with Gasteiger partial charge in [-0.15, -0.1) is 0 Å². The van der Waals surface area contributed by atoms with Crippen molar-refractivity contribution in [2.24, 2.45) is 0 Å². The van der Waals surface area contributed by atoms with Crippen LogP contribution in [-0.4, -0.2) is 40.6 Å². The van der Waals surface area contributed by atoms with Crippen molar-refractivity contribution in [1.82, 2.24) is 4.90 Å². The summed E-state index contributed by atoms with van der Waals surface area (Å²) in [4.78, 5) is 25.9. The second kappa shape index (κ2) is 6.93. The van der Waals surface area contributed by atoms with E-state index in [9.17, 15) is 19.1 Å². The fraction of sp³-hybridized carbons (Fsp3) is 0.263. The third-order valence-electron chi connectivity index (χ3n) is 4.38. The Kier molecular flexibility index (Phi) is 4.70. The van der Waals surface area contributed by atoms with Crippen LogP contribution in [0.2, 0.25) is 0 Å². The lowest BCUT2D eigenvalue weighted by Crippen LogP contribution is -2.54. The maximum atomic E-state index is 13.3. The van der Waals surface area contributed by atoms with Gasteiger partial charge in [-0.05, 0) is 24.3 Å². The van der Waals surface area contributed by atoms with E-state index in [2.05, 4.69) is 0 Å². The van der Waals surface area contributed by atoms with E-state index in [1.807, 2.05) is 6.07 Å². The van der Waals surface area contributed by atoms with Crippen molar-refractivity contribution >= 4 is 11.9 Å². The van der Waals surface area contributed by atoms with Gasteiger partial charge in [0.25, 0.3) is 5.91 Å². The van der Waals surface area contributed by atoms with E-state index in [-0.39, 0.29) is 37.6 Å². The van der Waals surface area contributed by atoms with Crippen LogP contribution < -0.4 is 4.74 Å². The number of carboxylic acids is 1. The number of hydrogen-bond acceptors (Lipinski definition) is 3. The lowest BCUT2D eigenvalue weighted by molar-refractivity contribution is -0.159. The number of carboxylic acid groups (broad SMARTS) is 1. The fourth-order valence-corrected chi connectivity index (χ4v) is 2.95. The number of aliphatic carboxylic acids is 1. The van der Waals surface area contributed by atoms with Crippen LogP contribution in [0, 0.1) is 5.82 Å². The summed E-state index contributed by atoms with van der Waals surface area (Å²) in [5.41, 5.74) is -0.891. The third-order valence-corrected chi connectivity index (χ3v) is 4.38. The minimum Gasteiger partial charge on any atom is -0.478 e. The number of carbonyl (C=O) groups excluding carboxylic acids is 1. The van der Waals surface area contributed by atoms with Crippen molar-refractivity contribution in [3.05, 3.63) is 66.0 Å². The van der Waals surface area contributed by atoms with Gasteiger partial charge in [0.2, 0.25) is 5.60 Å². The van der Waals surface area contributed by atoms with Gasteiger partial charge in [0.1, 0.15) is 11.6 Å². The Hall–Kier alpha value is -2.89. The topological polar surface area (TPSA) is 66.8 Å². The highest BCUT2D eigenvalue weighted by atomic mass is 19.1. The average molecular weight is 343 g/mol. The number of amides is 1. The lowest BCUT2D eigenvalue weighted by atomic mass is 9.90. The number of ether oxygens (including phenoxy) is 1. The average Bonchev–Trinajstić information content (AvgIpc) is 2.62. The van der Waals surface area contributed by atoms with Crippen molar-refractivity contribution in [2.45, 2.75) is 18.4 Å². The summed E-state index contributed by atoms with van der Waals surface area (Å²) in [5.74, 6) is -1.56. The summed E-state index contributed by atoms with van der Waals surface area (Å²) in [7, 11) is 0. The zero-order chi connectivity index (χ0) is 17.9. The molecule has 1 fully saturated rings. The van der Waals surface area contributed by atoms with Crippen molar-refractivity contribution in [3.63, 3.8) is 0 Å². The largest absolute Gasteiger partial charge is 0.478 e. The van der Waals surface area contributed by atoms with Crippen LogP contribution in [0.5, 0.6) is 5.75 Å². The summed E-state index contributed by atoms with van der Waals surface area (Å²) in [6.45, 7) is 0.519. The molecule has 1 aliphatic heterocycles. The van der Waals surface area contributed by atoms with E-state index < -0.39 is 17.4 Å². The van der Waals surface area contributed by atoms with Gasteiger partial charge in [-0.2, -0.15) is 0 Å². The molecule has 0 bridgehead atoms. The molecule has 2 aromatic carbocycles. The number of carbonyl (C=O) groups is 2. The summed E-state index contributed by atoms with van der Waals surface area (Å²) < 4.78 is 19.0. The second-order valence-corrected chi connectivity index (χ2v) is 6.02. The maximum Gasteiger partial charge on any atom is 0.348 e. The Balaban J connectivity index is 1.72. The molecule has 1 aliphatic rings. The van der Waals surface area contributed by atoms with Crippen molar-refractivity contribution in [1.29, 1.82) is 0 Å². The number of nitrogens with zero attached hydrogens (tertiary/aromatic N) is 1. The highest BCUT2D eigenvalue weighted by Gasteiger charge is 2.45. The smallest absolute Gasteiger partial charge is 0.348 e. The lowest BCUT2D eigenvalue weighted by Gasteiger charge is -2.38. The maximum absolute atomic E-state index is 13.3. The molecule has 0 unspecified atom stereocenters. The molecule has 0 aliphatic carbocycles. The van der Waals surface area contributed by atoms with Crippen LogP contribution in [0.4, 0.5) is 4.39 Å². The molecular weight excluding hydrogens is 325 g/mol. The van der Waals surface area contributed by atoms with Gasteiger partial charge in [0, 0.05) is 37.6 Å². The van der Waals surface area contributed by atoms with Gasteiger partial charge >= 0.3 is 5.97 Å². The molecule has 5 nitrogen and oxygen atoms in total. The first-order valence-electron chi connectivity index (χ1n) is 8.02. The van der Waals surface area contributed by atoms with Gasteiger partial charge in [-0.1, -0.05) is 24.3 Å². The first kappa shape index (κ1) is 17.0. The van der Waals surface area contributed by atoms with Gasteiger partial charge in [-0.3, -0.25) is 4.79 Å². The zero-order valence-electron chi connectivity index (χ0n) is 13.5. The van der Waals surface area contributed by atoms with Crippen LogP contribution in [0.3, 0.4) is 0 Å². The van der Waals surface area contributed by atoms with Gasteiger partial charge < -0.3 is 14.7 Å². The molecule has 25 heavy (non-hydrogen) atoms. The van der Waals surface area contributed by atoms with E-state index in [0.29, 0.717) is 5.56 Å². The number of hydrogen-bond donors (Lipinski definition) is 1. The van der Waals surface area contributed by atoms with Gasteiger partial charge in [0.15, 0.2) is 0 Å². The summed E-state index contributed by atoms with van der Waals surface area (Å²) >= 11 is 0. The number of piperidine rings is 1.